The summed E-state index contributed by atoms with van der Waals surface area (Å²) in [6.07, 6.45) is 3.87. The molecule has 70 valence electrons. The van der Waals surface area contributed by atoms with Crippen molar-refractivity contribution in [1.29, 1.82) is 0 Å². The molecule has 1 aliphatic rings. The van der Waals surface area contributed by atoms with Crippen molar-refractivity contribution in [3.8, 4) is 0 Å². The van der Waals surface area contributed by atoms with Crippen LogP contribution in [0.5, 0.6) is 0 Å². The van der Waals surface area contributed by atoms with Gasteiger partial charge in [0.15, 0.2) is 0 Å². The molecule has 1 heterocycles. The minimum absolute atomic E-state index is 0.0577. The molecule has 0 aliphatic carbocycles. The average molecular weight is 266 g/mol. The van der Waals surface area contributed by atoms with Crippen molar-refractivity contribution in [2.24, 2.45) is 4.99 Å². The van der Waals surface area contributed by atoms with Crippen molar-refractivity contribution < 1.29 is 0 Å². The van der Waals surface area contributed by atoms with Crippen LogP contribution in [-0.2, 0) is 0 Å². The van der Waals surface area contributed by atoms with Crippen LogP contribution in [0.4, 0.5) is 0 Å². The summed E-state index contributed by atoms with van der Waals surface area (Å²) in [6.45, 7) is 0. The van der Waals surface area contributed by atoms with Crippen LogP contribution in [0.1, 0.15) is 5.56 Å². The number of halogens is 1. The van der Waals surface area contributed by atoms with Gasteiger partial charge in [0.2, 0.25) is 0 Å². The molecule has 1 unspecified atom stereocenters. The van der Waals surface area contributed by atoms with Crippen molar-refractivity contribution in [1.82, 2.24) is 0 Å². The van der Waals surface area contributed by atoms with Crippen molar-refractivity contribution in [2.75, 3.05) is 0 Å². The Bertz CT molecular complexity index is 409. The Hall–Kier alpha value is -0.800. The summed E-state index contributed by atoms with van der Waals surface area (Å²) >= 11 is 8.50. The predicted octanol–water partition coefficient (Wildman–Crippen LogP) is 3.14. The summed E-state index contributed by atoms with van der Waals surface area (Å²) in [5, 5.41) is 0. The number of alkyl halides is 1. The van der Waals surface area contributed by atoms with E-state index < -0.39 is 0 Å². The summed E-state index contributed by atoms with van der Waals surface area (Å²) in [5.74, 6) is 0. The quantitative estimate of drug-likeness (QED) is 0.432. The maximum atomic E-state index is 5.09. The van der Waals surface area contributed by atoms with Gasteiger partial charge in [0, 0.05) is 0 Å². The van der Waals surface area contributed by atoms with Gasteiger partial charge in [-0.15, -0.1) is 0 Å². The molecular weight excluding hydrogens is 258 g/mol. The highest BCUT2D eigenvalue weighted by Gasteiger charge is 2.12. The molecule has 0 N–H and O–H groups in total. The topological polar surface area (TPSA) is 12.4 Å². The maximum Gasteiger partial charge on any atom is 0.140 e. The summed E-state index contributed by atoms with van der Waals surface area (Å²) < 4.78 is 0. The lowest BCUT2D eigenvalue weighted by atomic mass is 10.1. The molecule has 0 fully saturated rings. The van der Waals surface area contributed by atoms with Crippen LogP contribution in [0.3, 0.4) is 0 Å². The first kappa shape index (κ1) is 9.74. The fraction of sp³-hybridized carbons (Fsp3) is 0.0909. The van der Waals surface area contributed by atoms with E-state index in [0.717, 1.165) is 16.1 Å². The van der Waals surface area contributed by atoms with Gasteiger partial charge in [-0.25, -0.2) is 0 Å². The first-order valence-corrected chi connectivity index (χ1v) is 5.59. The Balaban J connectivity index is 2.34. The number of aliphatic imine (C=N–C) groups is 1. The number of allylic oxidation sites excluding steroid dienone is 1. The van der Waals surface area contributed by atoms with Gasteiger partial charge in [0.1, 0.15) is 4.95 Å². The minimum atomic E-state index is -0.0577. The summed E-state index contributed by atoms with van der Waals surface area (Å²) in [7, 11) is 0. The Morgan fingerprint density at radius 1 is 1.14 bits per heavy atom. The molecule has 0 radical (unpaired) electrons. The molecule has 2 rings (SSSR count). The van der Waals surface area contributed by atoms with Gasteiger partial charge >= 0.3 is 0 Å². The van der Waals surface area contributed by atoms with Crippen LogP contribution in [-0.4, -0.2) is 15.5 Å². The zero-order valence-electron chi connectivity index (χ0n) is 7.35. The minimum Gasteiger partial charge on any atom is -0.264 e. The lowest BCUT2D eigenvalue weighted by molar-refractivity contribution is 1.25. The molecule has 1 atom stereocenters. The molecule has 0 spiro atoms. The van der Waals surface area contributed by atoms with Crippen molar-refractivity contribution in [3.05, 3.63) is 48.0 Å². The third kappa shape index (κ3) is 1.99. The largest absolute Gasteiger partial charge is 0.264 e. The molecule has 1 nitrogen and oxygen atoms in total. The van der Waals surface area contributed by atoms with Crippen LogP contribution < -0.4 is 0 Å². The van der Waals surface area contributed by atoms with E-state index in [2.05, 4.69) is 20.9 Å². The average Bonchev–Trinajstić information content (AvgIpc) is 2.23. The zero-order chi connectivity index (χ0) is 9.97. The van der Waals surface area contributed by atoms with Crippen LogP contribution in [0.15, 0.2) is 47.5 Å². The summed E-state index contributed by atoms with van der Waals surface area (Å²) in [6, 6.07) is 10.1. The number of thiocarbonyl (C=S) groups is 1. The fourth-order valence-electron chi connectivity index (χ4n) is 1.25. The molecule has 1 aromatic carbocycles. The van der Waals surface area contributed by atoms with Gasteiger partial charge in [0.25, 0.3) is 0 Å². The van der Waals surface area contributed by atoms with E-state index in [9.17, 15) is 0 Å². The van der Waals surface area contributed by atoms with Crippen LogP contribution in [0, 0.1) is 0 Å². The van der Waals surface area contributed by atoms with E-state index in [1.807, 2.05) is 42.5 Å². The van der Waals surface area contributed by atoms with Crippen molar-refractivity contribution in [3.63, 3.8) is 0 Å². The smallest absolute Gasteiger partial charge is 0.140 e. The molecule has 3 heteroatoms. The van der Waals surface area contributed by atoms with Crippen LogP contribution >= 0.6 is 28.1 Å². The monoisotopic (exact) mass is 265 g/mol. The number of rotatable bonds is 1. The van der Waals surface area contributed by atoms with E-state index in [0.29, 0.717) is 0 Å². The Labute approximate surface area is 96.7 Å². The molecule has 0 bridgehead atoms. The van der Waals surface area contributed by atoms with Gasteiger partial charge in [-0.2, -0.15) is 0 Å². The maximum absolute atomic E-state index is 5.09. The summed E-state index contributed by atoms with van der Waals surface area (Å²) in [5.41, 5.74) is 2.09. The Morgan fingerprint density at radius 2 is 1.86 bits per heavy atom. The molecule has 1 aromatic rings. The molecule has 14 heavy (non-hydrogen) atoms. The highest BCUT2D eigenvalue weighted by Crippen LogP contribution is 2.15. The van der Waals surface area contributed by atoms with Gasteiger partial charge in [-0.3, -0.25) is 4.99 Å². The standard InChI is InChI=1S/C11H8BrNS/c12-11-10(14)7-6-9(13-11)8-4-2-1-3-5-8/h1-7,11H. The second kappa shape index (κ2) is 4.15. The third-order valence-corrected chi connectivity index (χ3v) is 3.32. The van der Waals surface area contributed by atoms with Crippen molar-refractivity contribution in [2.45, 2.75) is 4.95 Å². The van der Waals surface area contributed by atoms with E-state index in [1.54, 1.807) is 0 Å². The highest BCUT2D eigenvalue weighted by atomic mass is 79.9. The second-order valence-corrected chi connectivity index (χ2v) is 4.29. The van der Waals surface area contributed by atoms with E-state index in [4.69, 9.17) is 12.2 Å². The van der Waals surface area contributed by atoms with Crippen LogP contribution in [0.25, 0.3) is 0 Å². The lowest BCUT2D eigenvalue weighted by Crippen LogP contribution is -2.14. The fourth-order valence-corrected chi connectivity index (χ4v) is 1.74. The van der Waals surface area contributed by atoms with Gasteiger partial charge in [-0.1, -0.05) is 58.5 Å². The number of benzene rings is 1. The Kier molecular flexibility index (Phi) is 2.89. The third-order valence-electron chi connectivity index (χ3n) is 1.96. The second-order valence-electron chi connectivity index (χ2n) is 2.95. The van der Waals surface area contributed by atoms with Crippen LogP contribution in [0.2, 0.25) is 0 Å². The lowest BCUT2D eigenvalue weighted by Gasteiger charge is -2.11. The first-order valence-electron chi connectivity index (χ1n) is 4.26. The molecule has 0 amide bonds. The molecule has 0 aromatic heterocycles. The number of hydrogen-bond acceptors (Lipinski definition) is 2. The molecule has 1 aliphatic heterocycles. The highest BCUT2D eigenvalue weighted by molar-refractivity contribution is 9.10. The number of nitrogens with zero attached hydrogens (tertiary/aromatic N) is 1. The van der Waals surface area contributed by atoms with E-state index in [1.165, 1.54) is 0 Å². The zero-order valence-corrected chi connectivity index (χ0v) is 9.75. The normalized spacial score (nSPS) is 20.8. The van der Waals surface area contributed by atoms with Crippen molar-refractivity contribution >= 4 is 38.7 Å². The summed E-state index contributed by atoms with van der Waals surface area (Å²) in [4.78, 5) is 5.20. The number of dihydropyridines is 1. The van der Waals surface area contributed by atoms with E-state index in [-0.39, 0.29) is 4.95 Å². The Morgan fingerprint density at radius 3 is 2.50 bits per heavy atom. The number of hydrogen-bond donors (Lipinski definition) is 0. The predicted molar refractivity (Wildman–Crippen MR) is 67.4 cm³/mol. The van der Waals surface area contributed by atoms with Gasteiger partial charge in [0.05, 0.1) is 10.6 Å². The SMILES string of the molecule is S=C1C=CC(c2ccccc2)=NC1Br. The van der Waals surface area contributed by atoms with Gasteiger partial charge in [-0.05, 0) is 17.7 Å². The first-order chi connectivity index (χ1) is 6.77. The molecule has 0 saturated carbocycles. The molecular formula is C11H8BrNS. The van der Waals surface area contributed by atoms with E-state index >= 15 is 0 Å². The van der Waals surface area contributed by atoms with Gasteiger partial charge < -0.3 is 0 Å². The molecule has 0 saturated heterocycles.